The number of hydrogen-bond donors (Lipinski definition) is 1. The number of ether oxygens (including phenoxy) is 2. The lowest BCUT2D eigenvalue weighted by molar-refractivity contribution is -0.123. The van der Waals surface area contributed by atoms with Crippen LogP contribution in [0.2, 0.25) is 0 Å². The zero-order valence-corrected chi connectivity index (χ0v) is 11.1. The van der Waals surface area contributed by atoms with Crippen molar-refractivity contribution >= 4 is 0 Å². The lowest BCUT2D eigenvalue weighted by Crippen LogP contribution is -2.35. The van der Waals surface area contributed by atoms with Gasteiger partial charge in [-0.25, -0.2) is 0 Å². The molecular formula is C14H24O3. The third-order valence-corrected chi connectivity index (χ3v) is 2.82. The molecule has 1 fully saturated rings. The molecule has 17 heavy (non-hydrogen) atoms. The van der Waals surface area contributed by atoms with Crippen molar-refractivity contribution in [2.45, 2.75) is 51.4 Å². The van der Waals surface area contributed by atoms with Crippen LogP contribution >= 0.6 is 0 Å². The zero-order chi connectivity index (χ0) is 12.8. The average molecular weight is 240 g/mol. The van der Waals surface area contributed by atoms with Gasteiger partial charge in [-0.3, -0.25) is 0 Å². The van der Waals surface area contributed by atoms with Gasteiger partial charge in [-0.15, -0.1) is 0 Å². The van der Waals surface area contributed by atoms with E-state index in [1.54, 1.807) is 0 Å². The van der Waals surface area contributed by atoms with E-state index < -0.39 is 11.4 Å². The van der Waals surface area contributed by atoms with Crippen molar-refractivity contribution in [1.29, 1.82) is 0 Å². The minimum Gasteiger partial charge on any atom is -0.393 e. The molecule has 1 heterocycles. The monoisotopic (exact) mass is 240 g/mol. The highest BCUT2D eigenvalue weighted by molar-refractivity contribution is 5.12. The summed E-state index contributed by atoms with van der Waals surface area (Å²) in [5.41, 5.74) is -0.603. The summed E-state index contributed by atoms with van der Waals surface area (Å²) in [6.45, 7) is 6.34. The second kappa shape index (κ2) is 6.34. The van der Waals surface area contributed by atoms with Gasteiger partial charge in [0.25, 0.3) is 0 Å². The van der Waals surface area contributed by atoms with Gasteiger partial charge in [0.2, 0.25) is 5.79 Å². The van der Waals surface area contributed by atoms with Crippen molar-refractivity contribution in [2.75, 3.05) is 13.2 Å². The molecule has 0 spiro atoms. The van der Waals surface area contributed by atoms with Gasteiger partial charge in [0.15, 0.2) is 0 Å². The number of rotatable bonds is 6. The molecule has 2 atom stereocenters. The van der Waals surface area contributed by atoms with Gasteiger partial charge in [0, 0.05) is 0 Å². The van der Waals surface area contributed by atoms with E-state index in [-0.39, 0.29) is 6.61 Å². The number of unbranched alkanes of at least 4 members (excludes halogenated alkanes) is 2. The molecule has 0 radical (unpaired) electrons. The Labute approximate surface area is 104 Å². The van der Waals surface area contributed by atoms with Gasteiger partial charge in [-0.2, -0.15) is 0 Å². The molecule has 3 nitrogen and oxygen atoms in total. The Kier molecular flexibility index (Phi) is 5.37. The van der Waals surface area contributed by atoms with Crippen LogP contribution in [0, 0.1) is 0 Å². The summed E-state index contributed by atoms with van der Waals surface area (Å²) in [5.74, 6) is -0.792. The van der Waals surface area contributed by atoms with Crippen molar-refractivity contribution in [3.63, 3.8) is 0 Å². The summed E-state index contributed by atoms with van der Waals surface area (Å²) in [7, 11) is 0. The van der Waals surface area contributed by atoms with Gasteiger partial charge in [-0.05, 0) is 32.4 Å². The minimum absolute atomic E-state index is 0.0326. The van der Waals surface area contributed by atoms with E-state index in [1.807, 2.05) is 32.1 Å². The molecule has 0 saturated carbocycles. The van der Waals surface area contributed by atoms with Crippen LogP contribution in [0.15, 0.2) is 24.3 Å². The van der Waals surface area contributed by atoms with Crippen LogP contribution in [0.3, 0.4) is 0 Å². The lowest BCUT2D eigenvalue weighted by Gasteiger charge is -2.24. The molecule has 0 unspecified atom stereocenters. The molecule has 0 amide bonds. The fraction of sp³-hybridized carbons (Fsp3) is 0.714. The molecule has 1 N–H and O–H groups in total. The lowest BCUT2D eigenvalue weighted by atomic mass is 10.1. The van der Waals surface area contributed by atoms with Crippen molar-refractivity contribution < 1.29 is 14.6 Å². The summed E-state index contributed by atoms with van der Waals surface area (Å²) in [6, 6.07) is 0. The van der Waals surface area contributed by atoms with Gasteiger partial charge in [-0.1, -0.05) is 31.9 Å². The number of aliphatic hydroxyl groups excluding tert-OH is 1. The number of allylic oxidation sites excluding steroid dienone is 2. The van der Waals surface area contributed by atoms with Gasteiger partial charge in [0.05, 0.1) is 13.2 Å². The first-order valence-electron chi connectivity index (χ1n) is 6.36. The number of aliphatic hydroxyl groups is 1. The largest absolute Gasteiger partial charge is 0.393 e. The topological polar surface area (TPSA) is 38.7 Å². The van der Waals surface area contributed by atoms with Crippen LogP contribution in [0.5, 0.6) is 0 Å². The first kappa shape index (κ1) is 14.4. The highest BCUT2D eigenvalue weighted by Gasteiger charge is 2.44. The van der Waals surface area contributed by atoms with Crippen molar-refractivity contribution in [3.05, 3.63) is 24.3 Å². The van der Waals surface area contributed by atoms with E-state index in [1.165, 1.54) is 12.8 Å². The molecule has 1 aliphatic rings. The maximum Gasteiger partial charge on any atom is 0.208 e. The van der Waals surface area contributed by atoms with Crippen LogP contribution < -0.4 is 0 Å². The second-order valence-electron chi connectivity index (χ2n) is 4.76. The smallest absolute Gasteiger partial charge is 0.208 e. The van der Waals surface area contributed by atoms with Gasteiger partial charge < -0.3 is 14.6 Å². The summed E-state index contributed by atoms with van der Waals surface area (Å²) < 4.78 is 11.6. The van der Waals surface area contributed by atoms with E-state index >= 15 is 0 Å². The Hall–Kier alpha value is -0.640. The van der Waals surface area contributed by atoms with E-state index in [4.69, 9.17) is 9.47 Å². The Balaban J connectivity index is 2.69. The summed E-state index contributed by atoms with van der Waals surface area (Å²) in [4.78, 5) is 0. The standard InChI is InChI=1S/C14H24O3/c1-4-6-7-8-10-14(9-5-2)16-12-13(3,11-15)17-14/h5,8-10,15H,4,6-7,11-12H2,1-3H3/b9-5+,10-8+/t13-,14+/m0/s1. The molecular weight excluding hydrogens is 216 g/mol. The van der Waals surface area contributed by atoms with E-state index in [0.29, 0.717) is 6.61 Å². The quantitative estimate of drug-likeness (QED) is 0.573. The maximum atomic E-state index is 9.28. The highest BCUT2D eigenvalue weighted by atomic mass is 16.8. The Morgan fingerprint density at radius 3 is 2.65 bits per heavy atom. The molecule has 3 heteroatoms. The first-order chi connectivity index (χ1) is 8.10. The molecule has 0 bridgehead atoms. The van der Waals surface area contributed by atoms with E-state index in [0.717, 1.165) is 6.42 Å². The molecule has 1 rings (SSSR count). The summed E-state index contributed by atoms with van der Waals surface area (Å²) in [6.07, 6.45) is 11.2. The van der Waals surface area contributed by atoms with E-state index in [9.17, 15) is 5.11 Å². The van der Waals surface area contributed by atoms with Crippen molar-refractivity contribution in [3.8, 4) is 0 Å². The van der Waals surface area contributed by atoms with Crippen LogP contribution in [-0.4, -0.2) is 29.7 Å². The van der Waals surface area contributed by atoms with Gasteiger partial charge in [0.1, 0.15) is 5.60 Å². The Bertz CT molecular complexity index is 285. The molecule has 98 valence electrons. The molecule has 0 aromatic rings. The normalized spacial score (nSPS) is 34.1. The third kappa shape index (κ3) is 3.95. The van der Waals surface area contributed by atoms with E-state index in [2.05, 4.69) is 13.0 Å². The summed E-state index contributed by atoms with van der Waals surface area (Å²) in [5, 5.41) is 9.28. The predicted octanol–water partition coefficient (Wildman–Crippen LogP) is 2.80. The minimum atomic E-state index is -0.792. The first-order valence-corrected chi connectivity index (χ1v) is 6.36. The Morgan fingerprint density at radius 2 is 2.12 bits per heavy atom. The number of hydrogen-bond acceptors (Lipinski definition) is 3. The average Bonchev–Trinajstić information content (AvgIpc) is 2.65. The fourth-order valence-electron chi connectivity index (χ4n) is 1.81. The molecule has 0 aromatic heterocycles. The zero-order valence-electron chi connectivity index (χ0n) is 11.1. The predicted molar refractivity (Wildman–Crippen MR) is 68.7 cm³/mol. The maximum absolute atomic E-state index is 9.28. The van der Waals surface area contributed by atoms with Crippen molar-refractivity contribution in [1.82, 2.24) is 0 Å². The fourth-order valence-corrected chi connectivity index (χ4v) is 1.81. The molecule has 0 aromatic carbocycles. The van der Waals surface area contributed by atoms with Crippen LogP contribution in [-0.2, 0) is 9.47 Å². The Morgan fingerprint density at radius 1 is 1.35 bits per heavy atom. The van der Waals surface area contributed by atoms with Crippen LogP contribution in [0.25, 0.3) is 0 Å². The second-order valence-corrected chi connectivity index (χ2v) is 4.76. The van der Waals surface area contributed by atoms with Crippen LogP contribution in [0.1, 0.15) is 40.0 Å². The molecule has 1 aliphatic heterocycles. The highest BCUT2D eigenvalue weighted by Crippen LogP contribution is 2.33. The van der Waals surface area contributed by atoms with Crippen LogP contribution in [0.4, 0.5) is 0 Å². The SMILES string of the molecule is C/C=C/[C@@]1(/C=C/CCCC)OC[C@](C)(CO)O1. The van der Waals surface area contributed by atoms with Crippen molar-refractivity contribution in [2.24, 2.45) is 0 Å². The summed E-state index contributed by atoms with van der Waals surface area (Å²) >= 11 is 0. The third-order valence-electron chi connectivity index (χ3n) is 2.82. The molecule has 1 saturated heterocycles. The van der Waals surface area contributed by atoms with Gasteiger partial charge >= 0.3 is 0 Å². The molecule has 0 aliphatic carbocycles.